The van der Waals surface area contributed by atoms with Gasteiger partial charge in [-0.2, -0.15) is 4.58 Å². The molecule has 0 aromatic heterocycles. The van der Waals surface area contributed by atoms with E-state index in [2.05, 4.69) is 85.2 Å². The molecule has 0 fully saturated rings. The highest BCUT2D eigenvalue weighted by molar-refractivity contribution is 6.02. The van der Waals surface area contributed by atoms with Gasteiger partial charge in [-0.05, 0) is 35.7 Å². The van der Waals surface area contributed by atoms with Gasteiger partial charge < -0.3 is 4.74 Å². The second-order valence-corrected chi connectivity index (χ2v) is 7.38. The largest absolute Gasteiger partial charge is 0.461 e. The Labute approximate surface area is 159 Å². The van der Waals surface area contributed by atoms with E-state index in [9.17, 15) is 4.79 Å². The lowest BCUT2D eigenvalue weighted by atomic mass is 9.73. The third-order valence-corrected chi connectivity index (χ3v) is 5.85. The van der Waals surface area contributed by atoms with Crippen LogP contribution in [0.15, 0.2) is 66.7 Å². The van der Waals surface area contributed by atoms with E-state index in [1.165, 1.54) is 33.3 Å². The van der Waals surface area contributed by atoms with Gasteiger partial charge in [0.2, 0.25) is 5.69 Å². The lowest BCUT2D eigenvalue weighted by Crippen LogP contribution is -2.33. The minimum atomic E-state index is -0.112. The number of rotatable bonds is 6. The SMILES string of the molecule is CC1=[N+](CCOC=O)c2ccc3ccccc3c2C1(C)Cc1ccccc1. The first kappa shape index (κ1) is 17.5. The minimum Gasteiger partial charge on any atom is -0.461 e. The fraction of sp³-hybridized carbons (Fsp3) is 0.250. The zero-order chi connectivity index (χ0) is 18.9. The van der Waals surface area contributed by atoms with Crippen molar-refractivity contribution in [3.05, 3.63) is 77.9 Å². The van der Waals surface area contributed by atoms with Crippen molar-refractivity contribution in [1.82, 2.24) is 0 Å². The maximum atomic E-state index is 10.6. The first-order chi connectivity index (χ1) is 13.1. The molecule has 3 aromatic carbocycles. The summed E-state index contributed by atoms with van der Waals surface area (Å²) < 4.78 is 7.31. The van der Waals surface area contributed by atoms with Gasteiger partial charge >= 0.3 is 0 Å². The van der Waals surface area contributed by atoms with Crippen molar-refractivity contribution >= 4 is 28.6 Å². The Morgan fingerprint density at radius 3 is 2.52 bits per heavy atom. The van der Waals surface area contributed by atoms with Crippen LogP contribution in [0, 0.1) is 0 Å². The molecular weight excluding hydrogens is 334 g/mol. The molecule has 0 radical (unpaired) electrons. The first-order valence-corrected chi connectivity index (χ1v) is 9.38. The molecule has 136 valence electrons. The molecule has 1 atom stereocenters. The fourth-order valence-corrected chi connectivity index (χ4v) is 4.42. The van der Waals surface area contributed by atoms with Gasteiger partial charge in [0.25, 0.3) is 6.47 Å². The molecule has 0 saturated carbocycles. The van der Waals surface area contributed by atoms with E-state index in [4.69, 9.17) is 4.74 Å². The van der Waals surface area contributed by atoms with Crippen LogP contribution in [-0.2, 0) is 21.4 Å². The third kappa shape index (κ3) is 2.93. The molecule has 3 nitrogen and oxygen atoms in total. The van der Waals surface area contributed by atoms with Crippen molar-refractivity contribution in [2.24, 2.45) is 0 Å². The Kier molecular flexibility index (Phi) is 4.53. The van der Waals surface area contributed by atoms with E-state index in [1.54, 1.807) is 0 Å². The summed E-state index contributed by atoms with van der Waals surface area (Å²) in [5, 5.41) is 2.56. The molecule has 0 saturated heterocycles. The van der Waals surface area contributed by atoms with Crippen LogP contribution in [0.5, 0.6) is 0 Å². The minimum absolute atomic E-state index is 0.112. The predicted molar refractivity (Wildman–Crippen MR) is 109 cm³/mol. The molecule has 27 heavy (non-hydrogen) atoms. The third-order valence-electron chi connectivity index (χ3n) is 5.85. The number of fused-ring (bicyclic) bond motifs is 3. The van der Waals surface area contributed by atoms with Crippen molar-refractivity contribution in [3.63, 3.8) is 0 Å². The zero-order valence-corrected chi connectivity index (χ0v) is 15.8. The summed E-state index contributed by atoms with van der Waals surface area (Å²) in [6, 6.07) is 23.6. The average molecular weight is 358 g/mol. The van der Waals surface area contributed by atoms with Crippen LogP contribution in [0.1, 0.15) is 25.0 Å². The quantitative estimate of drug-likeness (QED) is 0.365. The molecule has 0 spiro atoms. The number of ether oxygens (including phenoxy) is 1. The number of hydrogen-bond donors (Lipinski definition) is 0. The second kappa shape index (κ2) is 6.99. The lowest BCUT2D eigenvalue weighted by molar-refractivity contribution is -0.442. The molecule has 0 amide bonds. The molecule has 4 rings (SSSR count). The summed E-state index contributed by atoms with van der Waals surface area (Å²) >= 11 is 0. The normalized spacial score (nSPS) is 18.6. The van der Waals surface area contributed by atoms with Crippen LogP contribution in [0.4, 0.5) is 5.69 Å². The monoisotopic (exact) mass is 358 g/mol. The van der Waals surface area contributed by atoms with Gasteiger partial charge in [-0.15, -0.1) is 0 Å². The lowest BCUT2D eigenvalue weighted by Gasteiger charge is -2.24. The topological polar surface area (TPSA) is 29.3 Å². The Hall–Kier alpha value is -2.94. The van der Waals surface area contributed by atoms with Gasteiger partial charge in [0, 0.05) is 18.6 Å². The molecule has 3 aromatic rings. The molecule has 1 unspecified atom stereocenters. The molecule has 0 N–H and O–H groups in total. The van der Waals surface area contributed by atoms with Crippen LogP contribution in [0.25, 0.3) is 10.8 Å². The van der Waals surface area contributed by atoms with Gasteiger partial charge in [-0.1, -0.05) is 54.6 Å². The summed E-state index contributed by atoms with van der Waals surface area (Å²) in [5.74, 6) is 0. The maximum absolute atomic E-state index is 10.6. The Morgan fingerprint density at radius 2 is 1.74 bits per heavy atom. The Morgan fingerprint density at radius 1 is 1.00 bits per heavy atom. The Balaban J connectivity index is 1.89. The van der Waals surface area contributed by atoms with Crippen molar-refractivity contribution in [3.8, 4) is 0 Å². The maximum Gasteiger partial charge on any atom is 0.293 e. The van der Waals surface area contributed by atoms with Gasteiger partial charge in [0.05, 0.1) is 5.41 Å². The molecular formula is C24H24NO2+. The number of nitrogens with zero attached hydrogens (tertiary/aromatic N) is 1. The number of carbonyl (C=O) groups excluding carboxylic acids is 1. The summed E-state index contributed by atoms with van der Waals surface area (Å²) in [6.07, 6.45) is 0.936. The summed E-state index contributed by atoms with van der Waals surface area (Å²) in [6.45, 7) is 6.12. The highest BCUT2D eigenvalue weighted by atomic mass is 16.5. The van der Waals surface area contributed by atoms with Gasteiger partial charge in [-0.25, -0.2) is 0 Å². The molecule has 3 heteroatoms. The van der Waals surface area contributed by atoms with Crippen LogP contribution in [-0.4, -0.2) is 29.9 Å². The van der Waals surface area contributed by atoms with E-state index in [1.807, 2.05) is 0 Å². The number of hydrogen-bond acceptors (Lipinski definition) is 2. The predicted octanol–water partition coefficient (Wildman–Crippen LogP) is 4.63. The zero-order valence-electron chi connectivity index (χ0n) is 15.8. The van der Waals surface area contributed by atoms with Gasteiger partial charge in [0.15, 0.2) is 12.3 Å². The standard InChI is InChI=1S/C24H24NO2/c1-18-24(2,16-19-8-4-3-5-9-19)23-21-11-7-6-10-20(21)12-13-22(23)25(18)14-15-27-17-26/h3-13,17H,14-16H2,1-2H3/q+1. The van der Waals surface area contributed by atoms with E-state index in [0.29, 0.717) is 19.6 Å². The van der Waals surface area contributed by atoms with E-state index < -0.39 is 0 Å². The van der Waals surface area contributed by atoms with Crippen LogP contribution < -0.4 is 0 Å². The summed E-state index contributed by atoms with van der Waals surface area (Å²) in [5.41, 5.74) is 5.10. The van der Waals surface area contributed by atoms with Crippen molar-refractivity contribution in [2.75, 3.05) is 13.2 Å². The van der Waals surface area contributed by atoms with Crippen LogP contribution in [0.2, 0.25) is 0 Å². The smallest absolute Gasteiger partial charge is 0.293 e. The van der Waals surface area contributed by atoms with Gasteiger partial charge in [-0.3, -0.25) is 4.79 Å². The van der Waals surface area contributed by atoms with Crippen molar-refractivity contribution in [2.45, 2.75) is 25.7 Å². The summed E-state index contributed by atoms with van der Waals surface area (Å²) in [7, 11) is 0. The molecule has 1 aliphatic rings. The van der Waals surface area contributed by atoms with E-state index in [0.717, 1.165) is 6.42 Å². The van der Waals surface area contributed by atoms with Crippen molar-refractivity contribution < 1.29 is 14.1 Å². The molecule has 0 aliphatic carbocycles. The molecule has 0 bridgehead atoms. The highest BCUT2D eigenvalue weighted by Gasteiger charge is 2.47. The molecule has 1 aliphatic heterocycles. The van der Waals surface area contributed by atoms with Crippen LogP contribution >= 0.6 is 0 Å². The molecule has 1 heterocycles. The number of benzene rings is 3. The average Bonchev–Trinajstić information content (AvgIpc) is 2.91. The van der Waals surface area contributed by atoms with E-state index >= 15 is 0 Å². The number of carbonyl (C=O) groups is 1. The fourth-order valence-electron chi connectivity index (χ4n) is 4.42. The first-order valence-electron chi connectivity index (χ1n) is 9.38. The van der Waals surface area contributed by atoms with Gasteiger partial charge in [0.1, 0.15) is 6.61 Å². The van der Waals surface area contributed by atoms with Crippen molar-refractivity contribution in [1.29, 1.82) is 0 Å². The second-order valence-electron chi connectivity index (χ2n) is 7.38. The van der Waals surface area contributed by atoms with Crippen LogP contribution in [0.3, 0.4) is 0 Å². The Bertz CT molecular complexity index is 1020. The summed E-state index contributed by atoms with van der Waals surface area (Å²) in [4.78, 5) is 10.6. The highest BCUT2D eigenvalue weighted by Crippen LogP contribution is 2.45. The van der Waals surface area contributed by atoms with E-state index in [-0.39, 0.29) is 5.41 Å².